The number of nitrogens with zero attached hydrogens (tertiary/aromatic N) is 4. The third-order valence-electron chi connectivity index (χ3n) is 4.12. The van der Waals surface area contributed by atoms with E-state index in [0.29, 0.717) is 28.9 Å². The molecule has 7 nitrogen and oxygen atoms in total. The van der Waals surface area contributed by atoms with Gasteiger partial charge in [0.1, 0.15) is 0 Å². The lowest BCUT2D eigenvalue weighted by atomic mass is 10.1. The van der Waals surface area contributed by atoms with Crippen LogP contribution in [0.5, 0.6) is 0 Å². The summed E-state index contributed by atoms with van der Waals surface area (Å²) in [6.07, 6.45) is 5.50. The van der Waals surface area contributed by atoms with E-state index in [1.807, 2.05) is 30.8 Å². The lowest BCUT2D eigenvalue weighted by molar-refractivity contribution is 0.0952. The largest absolute Gasteiger partial charge is 0.352 e. The van der Waals surface area contributed by atoms with Gasteiger partial charge in [0.15, 0.2) is 0 Å². The zero-order valence-electron chi connectivity index (χ0n) is 14.1. The number of pyridine rings is 1. The van der Waals surface area contributed by atoms with Crippen LogP contribution in [-0.4, -0.2) is 32.4 Å². The SMILES string of the molecule is CCC(CCNC(=O)c1cc(C)nc2onc(C)c12)n1cccn1. The minimum absolute atomic E-state index is 0.132. The molecule has 3 aromatic rings. The van der Waals surface area contributed by atoms with Crippen LogP contribution >= 0.6 is 0 Å². The van der Waals surface area contributed by atoms with Crippen molar-refractivity contribution in [2.45, 2.75) is 39.7 Å². The predicted molar refractivity (Wildman–Crippen MR) is 89.8 cm³/mol. The molecule has 24 heavy (non-hydrogen) atoms. The Hall–Kier alpha value is -2.70. The number of rotatable bonds is 6. The summed E-state index contributed by atoms with van der Waals surface area (Å²) in [5.41, 5.74) is 2.36. The van der Waals surface area contributed by atoms with E-state index < -0.39 is 0 Å². The number of aromatic nitrogens is 4. The van der Waals surface area contributed by atoms with Gasteiger partial charge in [-0.1, -0.05) is 12.1 Å². The van der Waals surface area contributed by atoms with E-state index >= 15 is 0 Å². The molecule has 0 radical (unpaired) electrons. The van der Waals surface area contributed by atoms with Gasteiger partial charge in [-0.3, -0.25) is 9.48 Å². The Morgan fingerprint density at radius 3 is 2.96 bits per heavy atom. The Labute approximate surface area is 140 Å². The van der Waals surface area contributed by atoms with Gasteiger partial charge in [0.25, 0.3) is 11.6 Å². The third kappa shape index (κ3) is 3.15. The fourth-order valence-electron chi connectivity index (χ4n) is 2.86. The van der Waals surface area contributed by atoms with Gasteiger partial charge in [-0.25, -0.2) is 4.98 Å². The minimum Gasteiger partial charge on any atom is -0.352 e. The van der Waals surface area contributed by atoms with Crippen LogP contribution in [-0.2, 0) is 0 Å². The maximum Gasteiger partial charge on any atom is 0.258 e. The van der Waals surface area contributed by atoms with E-state index in [2.05, 4.69) is 27.5 Å². The van der Waals surface area contributed by atoms with Gasteiger partial charge in [-0.15, -0.1) is 0 Å². The van der Waals surface area contributed by atoms with E-state index in [4.69, 9.17) is 4.52 Å². The van der Waals surface area contributed by atoms with E-state index in [-0.39, 0.29) is 11.9 Å². The van der Waals surface area contributed by atoms with Crippen molar-refractivity contribution in [3.8, 4) is 0 Å². The summed E-state index contributed by atoms with van der Waals surface area (Å²) in [6, 6.07) is 3.95. The molecule has 7 heteroatoms. The lowest BCUT2D eigenvalue weighted by Gasteiger charge is -2.16. The molecule has 0 saturated carbocycles. The van der Waals surface area contributed by atoms with Gasteiger partial charge in [0, 0.05) is 24.6 Å². The molecule has 1 N–H and O–H groups in total. The van der Waals surface area contributed by atoms with Crippen LogP contribution in [0.1, 0.15) is 47.6 Å². The molecule has 126 valence electrons. The highest BCUT2D eigenvalue weighted by atomic mass is 16.5. The molecule has 3 heterocycles. The van der Waals surface area contributed by atoms with Gasteiger partial charge in [-0.05, 0) is 38.8 Å². The maximum absolute atomic E-state index is 12.6. The van der Waals surface area contributed by atoms with Crippen molar-refractivity contribution < 1.29 is 9.32 Å². The van der Waals surface area contributed by atoms with Gasteiger partial charge < -0.3 is 9.84 Å². The molecule has 1 atom stereocenters. The smallest absolute Gasteiger partial charge is 0.258 e. The number of aryl methyl sites for hydroxylation is 2. The number of carbonyl (C=O) groups excluding carboxylic acids is 1. The summed E-state index contributed by atoms with van der Waals surface area (Å²) in [5, 5.41) is 11.8. The van der Waals surface area contributed by atoms with E-state index in [0.717, 1.165) is 18.5 Å². The second-order valence-corrected chi connectivity index (χ2v) is 5.85. The van der Waals surface area contributed by atoms with Gasteiger partial charge in [0.2, 0.25) is 0 Å². The first kappa shape index (κ1) is 16.2. The number of amides is 1. The molecule has 0 aliphatic rings. The average Bonchev–Trinajstić information content (AvgIpc) is 3.21. The molecule has 0 spiro atoms. The Morgan fingerprint density at radius 2 is 2.25 bits per heavy atom. The van der Waals surface area contributed by atoms with Crippen molar-refractivity contribution in [3.05, 3.63) is 41.5 Å². The van der Waals surface area contributed by atoms with E-state index in [9.17, 15) is 4.79 Å². The molecule has 0 saturated heterocycles. The quantitative estimate of drug-likeness (QED) is 0.752. The Morgan fingerprint density at radius 1 is 1.42 bits per heavy atom. The Balaban J connectivity index is 1.70. The lowest BCUT2D eigenvalue weighted by Crippen LogP contribution is -2.27. The predicted octanol–water partition coefficient (Wildman–Crippen LogP) is 2.81. The normalized spacial score (nSPS) is 12.5. The van der Waals surface area contributed by atoms with E-state index in [1.54, 1.807) is 12.3 Å². The first-order valence-electron chi connectivity index (χ1n) is 8.11. The van der Waals surface area contributed by atoms with Crippen molar-refractivity contribution in [1.82, 2.24) is 25.2 Å². The van der Waals surface area contributed by atoms with Gasteiger partial charge >= 0.3 is 0 Å². The molecule has 0 fully saturated rings. The summed E-state index contributed by atoms with van der Waals surface area (Å²) in [4.78, 5) is 16.9. The second kappa shape index (κ2) is 6.82. The number of hydrogen-bond donors (Lipinski definition) is 1. The minimum atomic E-state index is -0.132. The molecular weight excluding hydrogens is 306 g/mol. The average molecular weight is 327 g/mol. The summed E-state index contributed by atoms with van der Waals surface area (Å²) < 4.78 is 7.11. The summed E-state index contributed by atoms with van der Waals surface area (Å²) in [7, 11) is 0. The van der Waals surface area contributed by atoms with Crippen LogP contribution in [0.15, 0.2) is 29.0 Å². The van der Waals surface area contributed by atoms with Crippen molar-refractivity contribution in [2.24, 2.45) is 0 Å². The van der Waals surface area contributed by atoms with Crippen molar-refractivity contribution >= 4 is 17.0 Å². The van der Waals surface area contributed by atoms with Crippen LogP contribution < -0.4 is 5.32 Å². The van der Waals surface area contributed by atoms with Crippen LogP contribution in [0.3, 0.4) is 0 Å². The molecule has 0 aliphatic carbocycles. The van der Waals surface area contributed by atoms with E-state index in [1.165, 1.54) is 0 Å². The molecule has 3 aromatic heterocycles. The topological polar surface area (TPSA) is 85.8 Å². The maximum atomic E-state index is 12.6. The summed E-state index contributed by atoms with van der Waals surface area (Å²) in [5.74, 6) is -0.132. The number of carbonyl (C=O) groups is 1. The monoisotopic (exact) mass is 327 g/mol. The Kier molecular flexibility index (Phi) is 4.59. The molecule has 0 bridgehead atoms. The molecule has 0 aromatic carbocycles. The summed E-state index contributed by atoms with van der Waals surface area (Å²) in [6.45, 7) is 6.33. The van der Waals surface area contributed by atoms with Crippen LogP contribution in [0.25, 0.3) is 11.1 Å². The summed E-state index contributed by atoms with van der Waals surface area (Å²) >= 11 is 0. The molecule has 3 rings (SSSR count). The van der Waals surface area contributed by atoms with Crippen molar-refractivity contribution in [3.63, 3.8) is 0 Å². The number of fused-ring (bicyclic) bond motifs is 1. The Bertz CT molecular complexity index is 838. The third-order valence-corrected chi connectivity index (χ3v) is 4.12. The standard InChI is InChI=1S/C17H21N5O2/c1-4-13(22-9-5-7-19-22)6-8-18-16(23)14-10-11(2)20-17-15(14)12(3)21-24-17/h5,7,9-10,13H,4,6,8H2,1-3H3,(H,18,23). The molecule has 0 aliphatic heterocycles. The second-order valence-electron chi connectivity index (χ2n) is 5.85. The zero-order chi connectivity index (χ0) is 17.1. The fourth-order valence-corrected chi connectivity index (χ4v) is 2.86. The number of hydrogen-bond acceptors (Lipinski definition) is 5. The first-order valence-corrected chi connectivity index (χ1v) is 8.11. The highest BCUT2D eigenvalue weighted by Crippen LogP contribution is 2.22. The van der Waals surface area contributed by atoms with Crippen molar-refractivity contribution in [1.29, 1.82) is 0 Å². The molecule has 1 unspecified atom stereocenters. The fraction of sp³-hybridized carbons (Fsp3) is 0.412. The van der Waals surface area contributed by atoms with Gasteiger partial charge in [0.05, 0.1) is 22.7 Å². The van der Waals surface area contributed by atoms with Crippen LogP contribution in [0.4, 0.5) is 0 Å². The molecule has 1 amide bonds. The first-order chi connectivity index (χ1) is 11.6. The van der Waals surface area contributed by atoms with Crippen LogP contribution in [0.2, 0.25) is 0 Å². The highest BCUT2D eigenvalue weighted by Gasteiger charge is 2.18. The van der Waals surface area contributed by atoms with Crippen LogP contribution in [0, 0.1) is 13.8 Å². The number of nitrogens with one attached hydrogen (secondary N) is 1. The van der Waals surface area contributed by atoms with Crippen molar-refractivity contribution in [2.75, 3.05) is 6.54 Å². The zero-order valence-corrected chi connectivity index (χ0v) is 14.1. The highest BCUT2D eigenvalue weighted by molar-refractivity contribution is 6.05. The molecular formula is C17H21N5O2. The van der Waals surface area contributed by atoms with Gasteiger partial charge in [-0.2, -0.15) is 5.10 Å².